The number of para-hydroxylation sites is 1. The van der Waals surface area contributed by atoms with E-state index in [0.29, 0.717) is 17.8 Å². The molecule has 1 fully saturated rings. The normalized spacial score (nSPS) is 14.3. The fraction of sp³-hybridized carbons (Fsp3) is 0.259. The Labute approximate surface area is 204 Å². The molecule has 1 aliphatic heterocycles. The SMILES string of the molecule is Cc1ccc(C(=O)Nc2cccc(O)c2NC(=O)c2ccc(N3CCCN(C)CC3)c(F)c2)cc1. The second kappa shape index (κ2) is 10.6. The first-order valence-electron chi connectivity index (χ1n) is 11.6. The molecule has 0 radical (unpaired) electrons. The van der Waals surface area contributed by atoms with Gasteiger partial charge in [-0.2, -0.15) is 0 Å². The lowest BCUT2D eigenvalue weighted by Gasteiger charge is -2.23. The highest BCUT2D eigenvalue weighted by Crippen LogP contribution is 2.33. The van der Waals surface area contributed by atoms with Crippen molar-refractivity contribution in [2.45, 2.75) is 13.3 Å². The summed E-state index contributed by atoms with van der Waals surface area (Å²) in [6.45, 7) is 5.18. The lowest BCUT2D eigenvalue weighted by atomic mass is 10.1. The van der Waals surface area contributed by atoms with E-state index < -0.39 is 11.7 Å². The van der Waals surface area contributed by atoms with Gasteiger partial charge in [-0.15, -0.1) is 0 Å². The summed E-state index contributed by atoms with van der Waals surface area (Å²) in [6.07, 6.45) is 0.933. The van der Waals surface area contributed by atoms with Crippen molar-refractivity contribution in [2.75, 3.05) is 48.8 Å². The van der Waals surface area contributed by atoms with Gasteiger partial charge in [0.15, 0.2) is 0 Å². The van der Waals surface area contributed by atoms with Crippen LogP contribution in [0.2, 0.25) is 0 Å². The van der Waals surface area contributed by atoms with Crippen molar-refractivity contribution in [3.63, 3.8) is 0 Å². The lowest BCUT2D eigenvalue weighted by molar-refractivity contribution is 0.101. The van der Waals surface area contributed by atoms with Crippen molar-refractivity contribution in [3.8, 4) is 5.75 Å². The van der Waals surface area contributed by atoms with Gasteiger partial charge in [-0.1, -0.05) is 23.8 Å². The number of carbonyl (C=O) groups excluding carboxylic acids is 2. The Morgan fingerprint density at radius 1 is 0.886 bits per heavy atom. The van der Waals surface area contributed by atoms with Crippen LogP contribution >= 0.6 is 0 Å². The molecule has 3 N–H and O–H groups in total. The second-order valence-electron chi connectivity index (χ2n) is 8.78. The van der Waals surface area contributed by atoms with Crippen LogP contribution in [0.15, 0.2) is 60.7 Å². The number of aryl methyl sites for hydroxylation is 1. The number of likely N-dealkylation sites (N-methyl/N-ethyl adjacent to an activating group) is 1. The molecule has 35 heavy (non-hydrogen) atoms. The van der Waals surface area contributed by atoms with E-state index in [1.165, 1.54) is 12.1 Å². The maximum absolute atomic E-state index is 15.0. The fourth-order valence-electron chi connectivity index (χ4n) is 4.05. The molecule has 8 heteroatoms. The van der Waals surface area contributed by atoms with Crippen LogP contribution in [0, 0.1) is 12.7 Å². The summed E-state index contributed by atoms with van der Waals surface area (Å²) in [7, 11) is 2.05. The zero-order valence-electron chi connectivity index (χ0n) is 19.8. The van der Waals surface area contributed by atoms with Crippen LogP contribution in [0.25, 0.3) is 0 Å². The van der Waals surface area contributed by atoms with Gasteiger partial charge < -0.3 is 25.5 Å². The van der Waals surface area contributed by atoms with Crippen molar-refractivity contribution in [1.29, 1.82) is 0 Å². The number of amides is 2. The van der Waals surface area contributed by atoms with E-state index in [4.69, 9.17) is 0 Å². The number of halogens is 1. The van der Waals surface area contributed by atoms with Crippen molar-refractivity contribution < 1.29 is 19.1 Å². The smallest absolute Gasteiger partial charge is 0.255 e. The number of nitrogens with zero attached hydrogens (tertiary/aromatic N) is 2. The number of anilines is 3. The van der Waals surface area contributed by atoms with E-state index in [9.17, 15) is 19.1 Å². The molecular formula is C27H29FN4O3. The quantitative estimate of drug-likeness (QED) is 0.473. The molecule has 2 amide bonds. The van der Waals surface area contributed by atoms with Crippen molar-refractivity contribution in [2.24, 2.45) is 0 Å². The van der Waals surface area contributed by atoms with E-state index >= 15 is 0 Å². The first kappa shape index (κ1) is 24.2. The monoisotopic (exact) mass is 476 g/mol. The predicted octanol–water partition coefficient (Wildman–Crippen LogP) is 4.49. The highest BCUT2D eigenvalue weighted by Gasteiger charge is 2.19. The van der Waals surface area contributed by atoms with Crippen LogP contribution in [-0.4, -0.2) is 55.0 Å². The van der Waals surface area contributed by atoms with E-state index in [0.717, 1.165) is 31.6 Å². The van der Waals surface area contributed by atoms with Crippen LogP contribution in [0.3, 0.4) is 0 Å². The number of phenols is 1. The summed E-state index contributed by atoms with van der Waals surface area (Å²) in [6, 6.07) is 15.9. The molecule has 7 nitrogen and oxygen atoms in total. The third-order valence-corrected chi connectivity index (χ3v) is 6.11. The van der Waals surface area contributed by atoms with Gasteiger partial charge in [0.2, 0.25) is 0 Å². The lowest BCUT2D eigenvalue weighted by Crippen LogP contribution is -2.29. The Morgan fingerprint density at radius 2 is 1.60 bits per heavy atom. The molecule has 182 valence electrons. The minimum atomic E-state index is -0.599. The summed E-state index contributed by atoms with van der Waals surface area (Å²) in [5.74, 6) is -1.68. The molecule has 4 rings (SSSR count). The Hall–Kier alpha value is -3.91. The zero-order chi connectivity index (χ0) is 24.9. The van der Waals surface area contributed by atoms with Gasteiger partial charge in [-0.05, 0) is 69.4 Å². The van der Waals surface area contributed by atoms with Gasteiger partial charge in [-0.3, -0.25) is 9.59 Å². The van der Waals surface area contributed by atoms with Gasteiger partial charge in [0.1, 0.15) is 17.3 Å². The van der Waals surface area contributed by atoms with Crippen LogP contribution in [0.5, 0.6) is 5.75 Å². The van der Waals surface area contributed by atoms with Crippen LogP contribution < -0.4 is 15.5 Å². The topological polar surface area (TPSA) is 84.9 Å². The Morgan fingerprint density at radius 3 is 2.34 bits per heavy atom. The van der Waals surface area contributed by atoms with Gasteiger partial charge in [0, 0.05) is 30.8 Å². The first-order valence-corrected chi connectivity index (χ1v) is 11.6. The molecule has 1 heterocycles. The summed E-state index contributed by atoms with van der Waals surface area (Å²) < 4.78 is 15.0. The van der Waals surface area contributed by atoms with Gasteiger partial charge in [-0.25, -0.2) is 4.39 Å². The Balaban J connectivity index is 1.51. The molecular weight excluding hydrogens is 447 g/mol. The van der Waals surface area contributed by atoms with Crippen LogP contribution in [-0.2, 0) is 0 Å². The van der Waals surface area contributed by atoms with E-state index in [1.807, 2.05) is 31.0 Å². The summed E-state index contributed by atoms with van der Waals surface area (Å²) in [5, 5.41) is 15.7. The summed E-state index contributed by atoms with van der Waals surface area (Å²) >= 11 is 0. The number of benzene rings is 3. The van der Waals surface area contributed by atoms with Gasteiger partial charge >= 0.3 is 0 Å². The predicted molar refractivity (Wildman–Crippen MR) is 136 cm³/mol. The highest BCUT2D eigenvalue weighted by molar-refractivity contribution is 6.11. The molecule has 3 aromatic carbocycles. The number of hydrogen-bond donors (Lipinski definition) is 3. The van der Waals surface area contributed by atoms with Crippen LogP contribution in [0.4, 0.5) is 21.5 Å². The van der Waals surface area contributed by atoms with E-state index in [2.05, 4.69) is 15.5 Å². The third-order valence-electron chi connectivity index (χ3n) is 6.11. The third kappa shape index (κ3) is 5.78. The fourth-order valence-corrected chi connectivity index (χ4v) is 4.05. The maximum atomic E-state index is 15.0. The molecule has 3 aromatic rings. The highest BCUT2D eigenvalue weighted by atomic mass is 19.1. The minimum Gasteiger partial charge on any atom is -0.506 e. The molecule has 0 aromatic heterocycles. The minimum absolute atomic E-state index is 0.0398. The number of aromatic hydroxyl groups is 1. The van der Waals surface area contributed by atoms with Crippen molar-refractivity contribution >= 4 is 28.9 Å². The summed E-state index contributed by atoms with van der Waals surface area (Å²) in [5.41, 5.74) is 2.30. The van der Waals surface area contributed by atoms with Gasteiger partial charge in [0.05, 0.1) is 11.4 Å². The number of hydrogen-bond acceptors (Lipinski definition) is 5. The number of rotatable bonds is 5. The first-order chi connectivity index (χ1) is 16.8. The van der Waals surface area contributed by atoms with Crippen LogP contribution in [0.1, 0.15) is 32.7 Å². The molecule has 0 bridgehead atoms. The van der Waals surface area contributed by atoms with Crippen molar-refractivity contribution in [1.82, 2.24) is 4.90 Å². The summed E-state index contributed by atoms with van der Waals surface area (Å²) in [4.78, 5) is 29.8. The van der Waals surface area contributed by atoms with Gasteiger partial charge in [0.25, 0.3) is 11.8 Å². The number of carbonyl (C=O) groups is 2. The average molecular weight is 477 g/mol. The molecule has 0 spiro atoms. The maximum Gasteiger partial charge on any atom is 0.255 e. The largest absolute Gasteiger partial charge is 0.506 e. The zero-order valence-corrected chi connectivity index (χ0v) is 19.8. The molecule has 1 aliphatic rings. The molecule has 0 aliphatic carbocycles. The Kier molecular flexibility index (Phi) is 7.31. The standard InChI is InChI=1S/C27H29FN4O3/c1-18-7-9-19(10-8-18)26(34)29-22-5-3-6-24(33)25(22)30-27(35)20-11-12-23(21(28)17-20)32-14-4-13-31(2)15-16-32/h3,5-12,17,33H,4,13-16H2,1-2H3,(H,29,34)(H,30,35). The second-order valence-corrected chi connectivity index (χ2v) is 8.78. The molecule has 0 atom stereocenters. The average Bonchev–Trinajstić information content (AvgIpc) is 3.05. The van der Waals surface area contributed by atoms with E-state index in [-0.39, 0.29) is 28.6 Å². The number of phenolic OH excluding ortho intramolecular Hbond substituents is 1. The molecule has 0 saturated carbocycles. The molecule has 1 saturated heterocycles. The Bertz CT molecular complexity index is 1230. The molecule has 0 unspecified atom stereocenters. The van der Waals surface area contributed by atoms with Crippen molar-refractivity contribution in [3.05, 3.63) is 83.2 Å². The van der Waals surface area contributed by atoms with E-state index in [1.54, 1.807) is 36.4 Å². The number of nitrogens with one attached hydrogen (secondary N) is 2.